The van der Waals surface area contributed by atoms with Crippen LogP contribution in [0.15, 0.2) is 131 Å². The van der Waals surface area contributed by atoms with E-state index in [0.717, 1.165) is 10.5 Å². The van der Waals surface area contributed by atoms with Crippen LogP contribution in [0.3, 0.4) is 0 Å². The van der Waals surface area contributed by atoms with Crippen LogP contribution in [0.5, 0.6) is 0 Å². The number of amides is 3. The summed E-state index contributed by atoms with van der Waals surface area (Å²) in [5.41, 5.74) is 1.65. The third-order valence-electron chi connectivity index (χ3n) is 6.10. The molecule has 1 aromatic heterocycles. The molecular weight excluding hydrogens is 584 g/mol. The van der Waals surface area contributed by atoms with Gasteiger partial charge in [-0.2, -0.15) is 0 Å². The van der Waals surface area contributed by atoms with Crippen LogP contribution in [0.25, 0.3) is 6.08 Å². The van der Waals surface area contributed by atoms with Gasteiger partial charge in [0.1, 0.15) is 16.8 Å². The molecule has 214 valence electrons. The second-order valence-corrected chi connectivity index (χ2v) is 11.2. The molecule has 43 heavy (non-hydrogen) atoms. The van der Waals surface area contributed by atoms with Crippen LogP contribution >= 0.6 is 23.1 Å². The Bertz CT molecular complexity index is 1730. The van der Waals surface area contributed by atoms with Crippen molar-refractivity contribution in [3.05, 3.63) is 149 Å². The Kier molecular flexibility index (Phi) is 9.73. The summed E-state index contributed by atoms with van der Waals surface area (Å²) >= 11 is 2.70. The highest BCUT2D eigenvalue weighted by Gasteiger charge is 2.23. The van der Waals surface area contributed by atoms with Gasteiger partial charge in [0, 0.05) is 33.3 Å². The molecule has 0 saturated carbocycles. The van der Waals surface area contributed by atoms with Gasteiger partial charge in [-0.15, -0.1) is 23.1 Å². The molecule has 3 amide bonds. The van der Waals surface area contributed by atoms with Gasteiger partial charge < -0.3 is 16.0 Å². The number of rotatable bonds is 10. The molecule has 0 radical (unpaired) electrons. The standard InChI is InChI=1S/C33H25FN4O3S2/c34-27-14-8-7-13-24(27)21-28(37-30(39)23-11-5-2-6-12-23)31(40)36-25-15-17-26(18-16-25)43-29(22-9-3-1-4-10-22)32(41)38-33-35-19-20-42-33/h1-21,29H,(H,36,40)(H,37,39)(H,35,38,41)/b28-21-. The summed E-state index contributed by atoms with van der Waals surface area (Å²) in [6.45, 7) is 0. The highest BCUT2D eigenvalue weighted by atomic mass is 32.2. The number of carbonyl (C=O) groups excluding carboxylic acids is 3. The number of aromatic nitrogens is 1. The molecule has 10 heteroatoms. The quantitative estimate of drug-likeness (QED) is 0.115. The van der Waals surface area contributed by atoms with Crippen LogP contribution in [0.2, 0.25) is 0 Å². The molecule has 0 fully saturated rings. The molecule has 1 unspecified atom stereocenters. The van der Waals surface area contributed by atoms with E-state index in [-0.39, 0.29) is 17.2 Å². The summed E-state index contributed by atoms with van der Waals surface area (Å²) in [5.74, 6) is -1.87. The minimum atomic E-state index is -0.627. The molecule has 7 nitrogen and oxygen atoms in total. The molecule has 5 rings (SSSR count). The van der Waals surface area contributed by atoms with Gasteiger partial charge in [-0.3, -0.25) is 14.4 Å². The van der Waals surface area contributed by atoms with Crippen molar-refractivity contribution < 1.29 is 18.8 Å². The molecule has 0 saturated heterocycles. The highest BCUT2D eigenvalue weighted by molar-refractivity contribution is 8.00. The Hall–Kier alpha value is -5.06. The van der Waals surface area contributed by atoms with Crippen molar-refractivity contribution in [3.8, 4) is 0 Å². The summed E-state index contributed by atoms with van der Waals surface area (Å²) in [4.78, 5) is 44.3. The van der Waals surface area contributed by atoms with E-state index in [1.807, 2.05) is 30.3 Å². The fourth-order valence-electron chi connectivity index (χ4n) is 4.00. The number of nitrogens with zero attached hydrogens (tertiary/aromatic N) is 1. The average molecular weight is 609 g/mol. The molecule has 0 spiro atoms. The van der Waals surface area contributed by atoms with E-state index in [4.69, 9.17) is 0 Å². The Morgan fingerprint density at radius 3 is 2.16 bits per heavy atom. The second kappa shape index (κ2) is 14.2. The first-order chi connectivity index (χ1) is 21.0. The number of thiazole rings is 1. The molecule has 1 atom stereocenters. The highest BCUT2D eigenvalue weighted by Crippen LogP contribution is 2.37. The predicted molar refractivity (Wildman–Crippen MR) is 169 cm³/mol. The number of carbonyl (C=O) groups is 3. The number of nitrogens with one attached hydrogen (secondary N) is 3. The van der Waals surface area contributed by atoms with E-state index in [1.54, 1.807) is 78.3 Å². The number of thioether (sulfide) groups is 1. The maximum Gasteiger partial charge on any atom is 0.272 e. The molecule has 5 aromatic rings. The van der Waals surface area contributed by atoms with E-state index in [0.29, 0.717) is 16.4 Å². The lowest BCUT2D eigenvalue weighted by atomic mass is 10.1. The topological polar surface area (TPSA) is 100 Å². The van der Waals surface area contributed by atoms with Gasteiger partial charge in [0.05, 0.1) is 0 Å². The Morgan fingerprint density at radius 1 is 0.814 bits per heavy atom. The van der Waals surface area contributed by atoms with E-state index in [1.165, 1.54) is 41.3 Å². The van der Waals surface area contributed by atoms with E-state index in [2.05, 4.69) is 20.9 Å². The first-order valence-electron chi connectivity index (χ1n) is 13.1. The van der Waals surface area contributed by atoms with Crippen LogP contribution in [0.4, 0.5) is 15.2 Å². The fourth-order valence-corrected chi connectivity index (χ4v) is 5.55. The molecule has 0 aliphatic carbocycles. The number of benzene rings is 4. The summed E-state index contributed by atoms with van der Waals surface area (Å²) in [7, 11) is 0. The lowest BCUT2D eigenvalue weighted by molar-refractivity contribution is -0.116. The number of hydrogen-bond donors (Lipinski definition) is 3. The van der Waals surface area contributed by atoms with Crippen molar-refractivity contribution in [2.75, 3.05) is 10.6 Å². The van der Waals surface area contributed by atoms with Crippen molar-refractivity contribution >= 4 is 57.7 Å². The van der Waals surface area contributed by atoms with Crippen LogP contribution in [0, 0.1) is 5.82 Å². The molecular formula is C33H25FN4O3S2. The maximum absolute atomic E-state index is 14.4. The number of anilines is 2. The van der Waals surface area contributed by atoms with Gasteiger partial charge in [0.25, 0.3) is 11.8 Å². The third kappa shape index (κ3) is 8.03. The minimum absolute atomic E-state index is 0.125. The first kappa shape index (κ1) is 29.4. The van der Waals surface area contributed by atoms with Crippen molar-refractivity contribution in [1.29, 1.82) is 0 Å². The SMILES string of the molecule is O=C(Nc1ccc(SC(C(=O)Nc2nccs2)c2ccccc2)cc1)/C(=C/c1ccccc1F)NC(=O)c1ccccc1. The smallest absolute Gasteiger partial charge is 0.272 e. The zero-order chi connectivity index (χ0) is 30.0. The fraction of sp³-hybridized carbons (Fsp3) is 0.0303. The monoisotopic (exact) mass is 608 g/mol. The Balaban J connectivity index is 1.33. The molecule has 0 aliphatic rings. The summed E-state index contributed by atoms with van der Waals surface area (Å²) < 4.78 is 14.4. The number of halogens is 1. The predicted octanol–water partition coefficient (Wildman–Crippen LogP) is 7.16. The van der Waals surface area contributed by atoms with Crippen LogP contribution in [0.1, 0.15) is 26.7 Å². The molecule has 4 aromatic carbocycles. The van der Waals surface area contributed by atoms with Gasteiger partial charge in [-0.1, -0.05) is 66.7 Å². The van der Waals surface area contributed by atoms with Gasteiger partial charge in [-0.25, -0.2) is 9.37 Å². The summed E-state index contributed by atoms with van der Waals surface area (Å²) in [5, 5.41) is 9.99. The van der Waals surface area contributed by atoms with E-state index in [9.17, 15) is 18.8 Å². The van der Waals surface area contributed by atoms with Crippen molar-refractivity contribution in [2.24, 2.45) is 0 Å². The summed E-state index contributed by atoms with van der Waals surface area (Å²) in [6, 6.07) is 30.8. The number of hydrogen-bond acceptors (Lipinski definition) is 6. The first-order valence-corrected chi connectivity index (χ1v) is 14.9. The zero-order valence-electron chi connectivity index (χ0n) is 22.6. The van der Waals surface area contributed by atoms with Gasteiger partial charge in [0.2, 0.25) is 5.91 Å². The van der Waals surface area contributed by atoms with Gasteiger partial charge >= 0.3 is 0 Å². The van der Waals surface area contributed by atoms with Crippen molar-refractivity contribution in [2.45, 2.75) is 10.1 Å². The molecule has 1 heterocycles. The maximum atomic E-state index is 14.4. The molecule has 0 bridgehead atoms. The summed E-state index contributed by atoms with van der Waals surface area (Å²) in [6.07, 6.45) is 2.92. The van der Waals surface area contributed by atoms with E-state index < -0.39 is 22.9 Å². The van der Waals surface area contributed by atoms with Gasteiger partial charge in [-0.05, 0) is 54.1 Å². The van der Waals surface area contributed by atoms with Crippen molar-refractivity contribution in [3.63, 3.8) is 0 Å². The van der Waals surface area contributed by atoms with Crippen LogP contribution in [-0.4, -0.2) is 22.7 Å². The third-order valence-corrected chi connectivity index (χ3v) is 8.06. The van der Waals surface area contributed by atoms with Crippen LogP contribution < -0.4 is 16.0 Å². The van der Waals surface area contributed by atoms with Crippen molar-refractivity contribution in [1.82, 2.24) is 10.3 Å². The Morgan fingerprint density at radius 2 is 1.49 bits per heavy atom. The average Bonchev–Trinajstić information content (AvgIpc) is 3.55. The largest absolute Gasteiger partial charge is 0.321 e. The molecule has 0 aliphatic heterocycles. The minimum Gasteiger partial charge on any atom is -0.321 e. The molecule has 3 N–H and O–H groups in total. The zero-order valence-corrected chi connectivity index (χ0v) is 24.2. The normalized spacial score (nSPS) is 11.8. The second-order valence-electron chi connectivity index (χ2n) is 9.11. The van der Waals surface area contributed by atoms with E-state index >= 15 is 0 Å². The lowest BCUT2D eigenvalue weighted by Gasteiger charge is -2.16. The van der Waals surface area contributed by atoms with Gasteiger partial charge in [0.15, 0.2) is 5.13 Å². The Labute approximate surface area is 255 Å². The van der Waals surface area contributed by atoms with Crippen LogP contribution in [-0.2, 0) is 9.59 Å². The lowest BCUT2D eigenvalue weighted by Crippen LogP contribution is -2.30.